The summed E-state index contributed by atoms with van der Waals surface area (Å²) >= 11 is 0. The van der Waals surface area contributed by atoms with Gasteiger partial charge in [0.2, 0.25) is 5.91 Å². The van der Waals surface area contributed by atoms with Crippen molar-refractivity contribution < 1.29 is 19.5 Å². The first-order valence-corrected chi connectivity index (χ1v) is 11.7. The van der Waals surface area contributed by atoms with Crippen LogP contribution in [0.15, 0.2) is 78.4 Å². The van der Waals surface area contributed by atoms with Crippen molar-refractivity contribution in [2.75, 3.05) is 10.2 Å². The molecule has 0 aliphatic carbocycles. The number of Topliss-reactive ketones (excluding diaryl/α,β-unsaturated/α-hetero) is 1. The summed E-state index contributed by atoms with van der Waals surface area (Å²) in [6.07, 6.45) is 1.70. The summed E-state index contributed by atoms with van der Waals surface area (Å²) in [6.45, 7) is 5.49. The van der Waals surface area contributed by atoms with Gasteiger partial charge < -0.3 is 10.4 Å². The summed E-state index contributed by atoms with van der Waals surface area (Å²) in [6, 6.07) is 20.9. The number of nitrogens with zero attached hydrogens (tertiary/aromatic N) is 1. The average Bonchev–Trinajstić information content (AvgIpc) is 3.13. The van der Waals surface area contributed by atoms with E-state index in [2.05, 4.69) is 12.2 Å². The molecular weight excluding hydrogens is 440 g/mol. The van der Waals surface area contributed by atoms with Crippen molar-refractivity contribution in [1.82, 2.24) is 0 Å². The number of aliphatic hydroxyl groups excluding tert-OH is 1. The Labute approximate surface area is 204 Å². The Hall–Kier alpha value is -4.19. The lowest BCUT2D eigenvalue weighted by Crippen LogP contribution is -2.29. The predicted octanol–water partition coefficient (Wildman–Crippen LogP) is 5.40. The number of nitrogens with one attached hydrogen (secondary N) is 1. The molecule has 2 amide bonds. The van der Waals surface area contributed by atoms with Crippen molar-refractivity contribution in [1.29, 1.82) is 0 Å². The van der Waals surface area contributed by atoms with Gasteiger partial charge in [-0.2, -0.15) is 0 Å². The number of aryl methyl sites for hydroxylation is 2. The highest BCUT2D eigenvalue weighted by atomic mass is 16.3. The van der Waals surface area contributed by atoms with Crippen LogP contribution < -0.4 is 10.2 Å². The summed E-state index contributed by atoms with van der Waals surface area (Å²) in [4.78, 5) is 39.6. The number of anilines is 2. The van der Waals surface area contributed by atoms with Crippen molar-refractivity contribution in [2.45, 2.75) is 39.7 Å². The first-order valence-electron chi connectivity index (χ1n) is 11.7. The van der Waals surface area contributed by atoms with E-state index in [0.29, 0.717) is 22.5 Å². The fraction of sp³-hybridized carbons (Fsp3) is 0.207. The zero-order valence-corrected chi connectivity index (χ0v) is 20.0. The molecule has 0 radical (unpaired) electrons. The van der Waals surface area contributed by atoms with E-state index in [9.17, 15) is 19.5 Å². The summed E-state index contributed by atoms with van der Waals surface area (Å²) in [5, 5.41) is 14.0. The zero-order valence-electron chi connectivity index (χ0n) is 20.0. The summed E-state index contributed by atoms with van der Waals surface area (Å²) in [5.74, 6) is -1.94. The summed E-state index contributed by atoms with van der Waals surface area (Å²) in [5.41, 5.74) is 4.39. The van der Waals surface area contributed by atoms with E-state index >= 15 is 0 Å². The van der Waals surface area contributed by atoms with Gasteiger partial charge in [-0.3, -0.25) is 19.3 Å². The van der Waals surface area contributed by atoms with Crippen molar-refractivity contribution in [3.63, 3.8) is 0 Å². The minimum absolute atomic E-state index is 0.0356. The van der Waals surface area contributed by atoms with Crippen molar-refractivity contribution in [3.05, 3.63) is 101 Å². The number of benzene rings is 3. The van der Waals surface area contributed by atoms with E-state index in [4.69, 9.17) is 0 Å². The Balaban J connectivity index is 1.89. The Morgan fingerprint density at radius 2 is 1.51 bits per heavy atom. The van der Waals surface area contributed by atoms with Crippen molar-refractivity contribution in [3.8, 4) is 0 Å². The van der Waals surface area contributed by atoms with E-state index in [0.717, 1.165) is 24.0 Å². The number of carbonyl (C=O) groups excluding carboxylic acids is 3. The molecule has 35 heavy (non-hydrogen) atoms. The second-order valence-corrected chi connectivity index (χ2v) is 8.55. The van der Waals surface area contributed by atoms with Crippen LogP contribution in [0, 0.1) is 0 Å². The number of aliphatic hydroxyl groups is 1. The average molecular weight is 469 g/mol. The third-order valence-electron chi connectivity index (χ3n) is 6.23. The van der Waals surface area contributed by atoms with Gasteiger partial charge in [0.15, 0.2) is 0 Å². The SMILES string of the molecule is CCc1ccc(/C(O)=C2\C(=O)C(=O)N(c3cccc(NC(C)=O)c3)C2c2ccc(CC)cc2)cc1. The molecule has 6 nitrogen and oxygen atoms in total. The van der Waals surface area contributed by atoms with E-state index in [-0.39, 0.29) is 17.2 Å². The molecule has 1 atom stereocenters. The minimum atomic E-state index is -0.820. The maximum absolute atomic E-state index is 13.3. The van der Waals surface area contributed by atoms with Crippen molar-refractivity contribution >= 4 is 34.7 Å². The molecule has 1 aliphatic heterocycles. The molecule has 1 fully saturated rings. The van der Waals surface area contributed by atoms with Crippen LogP contribution in [0.4, 0.5) is 11.4 Å². The molecule has 0 saturated carbocycles. The van der Waals surface area contributed by atoms with Gasteiger partial charge in [0.25, 0.3) is 11.7 Å². The smallest absolute Gasteiger partial charge is 0.300 e. The third-order valence-corrected chi connectivity index (χ3v) is 6.23. The molecule has 3 aromatic carbocycles. The summed E-state index contributed by atoms with van der Waals surface area (Å²) in [7, 11) is 0. The lowest BCUT2D eigenvalue weighted by molar-refractivity contribution is -0.132. The molecule has 6 heteroatoms. The van der Waals surface area contributed by atoms with Gasteiger partial charge in [-0.05, 0) is 47.7 Å². The highest BCUT2D eigenvalue weighted by Crippen LogP contribution is 2.42. The maximum atomic E-state index is 13.3. The number of rotatable bonds is 6. The molecule has 1 heterocycles. The fourth-order valence-electron chi connectivity index (χ4n) is 4.34. The normalized spacial score (nSPS) is 17.0. The van der Waals surface area contributed by atoms with Crippen LogP contribution in [0.1, 0.15) is 49.1 Å². The fourth-order valence-corrected chi connectivity index (χ4v) is 4.34. The second kappa shape index (κ2) is 9.97. The Morgan fingerprint density at radius 1 is 0.914 bits per heavy atom. The quantitative estimate of drug-likeness (QED) is 0.288. The van der Waals surface area contributed by atoms with Gasteiger partial charge in [0.05, 0.1) is 11.6 Å². The Kier molecular flexibility index (Phi) is 6.82. The molecule has 1 saturated heterocycles. The van der Waals surface area contributed by atoms with Gasteiger partial charge in [0, 0.05) is 23.9 Å². The molecule has 4 rings (SSSR count). The zero-order chi connectivity index (χ0) is 25.1. The molecule has 3 aromatic rings. The molecule has 1 aliphatic rings. The first kappa shape index (κ1) is 24.0. The summed E-state index contributed by atoms with van der Waals surface area (Å²) < 4.78 is 0. The molecule has 0 aromatic heterocycles. The number of carbonyl (C=O) groups is 3. The molecule has 178 valence electrons. The molecule has 1 unspecified atom stereocenters. The molecule has 0 bridgehead atoms. The number of ketones is 1. The maximum Gasteiger partial charge on any atom is 0.300 e. The largest absolute Gasteiger partial charge is 0.507 e. The van der Waals surface area contributed by atoms with E-state index in [1.807, 2.05) is 43.3 Å². The second-order valence-electron chi connectivity index (χ2n) is 8.55. The third kappa shape index (κ3) is 4.73. The highest BCUT2D eigenvalue weighted by molar-refractivity contribution is 6.51. The van der Waals surface area contributed by atoms with Crippen LogP contribution in [0.2, 0.25) is 0 Å². The number of hydrogen-bond donors (Lipinski definition) is 2. The molecular formula is C29H28N2O4. The first-order chi connectivity index (χ1) is 16.8. The van der Waals surface area contributed by atoms with Crippen LogP contribution in [-0.2, 0) is 27.2 Å². The Bertz CT molecular complexity index is 1310. The van der Waals surface area contributed by atoms with Gasteiger partial charge in [-0.25, -0.2) is 0 Å². The van der Waals surface area contributed by atoms with Crippen LogP contribution >= 0.6 is 0 Å². The van der Waals surface area contributed by atoms with E-state index < -0.39 is 17.7 Å². The van der Waals surface area contributed by atoms with Crippen LogP contribution in [0.5, 0.6) is 0 Å². The lowest BCUT2D eigenvalue weighted by Gasteiger charge is -2.26. The van der Waals surface area contributed by atoms with Gasteiger partial charge in [0.1, 0.15) is 5.76 Å². The Morgan fingerprint density at radius 3 is 2.09 bits per heavy atom. The standard InChI is InChI=1S/C29H28N2O4/c1-4-19-9-13-21(14-10-19)26-25(27(33)22-15-11-20(5-2)12-16-22)28(34)29(35)31(26)24-8-6-7-23(17-24)30-18(3)32/h6-17,26,33H,4-5H2,1-3H3,(H,30,32)/b27-25+. The molecule has 0 spiro atoms. The van der Waals surface area contributed by atoms with E-state index in [1.54, 1.807) is 36.4 Å². The van der Waals surface area contributed by atoms with E-state index in [1.165, 1.54) is 11.8 Å². The molecule has 2 N–H and O–H groups in total. The van der Waals surface area contributed by atoms with Crippen molar-refractivity contribution in [2.24, 2.45) is 0 Å². The highest BCUT2D eigenvalue weighted by Gasteiger charge is 2.47. The predicted molar refractivity (Wildman–Crippen MR) is 137 cm³/mol. The van der Waals surface area contributed by atoms with Crippen LogP contribution in [0.25, 0.3) is 5.76 Å². The number of hydrogen-bond acceptors (Lipinski definition) is 4. The number of amides is 2. The van der Waals surface area contributed by atoms with Gasteiger partial charge in [-0.1, -0.05) is 68.4 Å². The monoisotopic (exact) mass is 468 g/mol. The van der Waals surface area contributed by atoms with Gasteiger partial charge >= 0.3 is 0 Å². The topological polar surface area (TPSA) is 86.7 Å². The van der Waals surface area contributed by atoms with Gasteiger partial charge in [-0.15, -0.1) is 0 Å². The van der Waals surface area contributed by atoms with Crippen LogP contribution in [-0.4, -0.2) is 22.7 Å². The minimum Gasteiger partial charge on any atom is -0.507 e. The van der Waals surface area contributed by atoms with Crippen LogP contribution in [0.3, 0.4) is 0 Å². The lowest BCUT2D eigenvalue weighted by atomic mass is 9.94.